The number of benzene rings is 2. The number of hydrogen-bond acceptors (Lipinski definition) is 0. The Morgan fingerprint density at radius 2 is 1.72 bits per heavy atom. The van der Waals surface area contributed by atoms with Gasteiger partial charge in [-0.25, -0.2) is 8.78 Å². The van der Waals surface area contributed by atoms with Crippen molar-refractivity contribution in [3.05, 3.63) is 47.5 Å². The highest BCUT2D eigenvalue weighted by Crippen LogP contribution is 2.48. The van der Waals surface area contributed by atoms with Crippen LogP contribution in [0, 0.1) is 29.4 Å². The van der Waals surface area contributed by atoms with Crippen molar-refractivity contribution in [2.45, 2.75) is 64.2 Å². The standard InChI is InChI=1S/C23H28F2/c1-2-3-15-4-5-17-11-18(7-6-16(17)10-15)19-12-20-13-21(24)8-9-22(20)23(25)14-19/h8-9,12-18H,2-7,10-11H2,1H3. The molecule has 2 aromatic carbocycles. The molecule has 25 heavy (non-hydrogen) atoms. The second-order valence-corrected chi connectivity index (χ2v) is 8.37. The molecule has 2 saturated carbocycles. The van der Waals surface area contributed by atoms with Crippen molar-refractivity contribution in [3.63, 3.8) is 0 Å². The summed E-state index contributed by atoms with van der Waals surface area (Å²) in [5.41, 5.74) is 1.07. The lowest BCUT2D eigenvalue weighted by Gasteiger charge is -2.42. The van der Waals surface area contributed by atoms with Crippen molar-refractivity contribution in [2.75, 3.05) is 0 Å². The van der Waals surface area contributed by atoms with Crippen LogP contribution >= 0.6 is 0 Å². The summed E-state index contributed by atoms with van der Waals surface area (Å²) in [6, 6.07) is 8.08. The quantitative estimate of drug-likeness (QED) is 0.552. The summed E-state index contributed by atoms with van der Waals surface area (Å²) >= 11 is 0. The molecule has 0 heterocycles. The first-order chi connectivity index (χ1) is 12.1. The molecular formula is C23H28F2. The molecule has 0 bridgehead atoms. The van der Waals surface area contributed by atoms with E-state index in [1.165, 1.54) is 57.1 Å². The Hall–Kier alpha value is -1.44. The Morgan fingerprint density at radius 3 is 2.56 bits per heavy atom. The van der Waals surface area contributed by atoms with Crippen LogP contribution in [0.5, 0.6) is 0 Å². The molecule has 0 aliphatic heterocycles. The van der Waals surface area contributed by atoms with Crippen LogP contribution in [0.4, 0.5) is 8.78 Å². The van der Waals surface area contributed by atoms with Gasteiger partial charge in [-0.05, 0) is 91.0 Å². The van der Waals surface area contributed by atoms with Crippen LogP contribution in [0.15, 0.2) is 30.3 Å². The Labute approximate surface area is 149 Å². The van der Waals surface area contributed by atoms with E-state index in [2.05, 4.69) is 6.92 Å². The van der Waals surface area contributed by atoms with Gasteiger partial charge in [-0.2, -0.15) is 0 Å². The third kappa shape index (κ3) is 3.45. The molecule has 4 rings (SSSR count). The van der Waals surface area contributed by atoms with E-state index in [4.69, 9.17) is 0 Å². The van der Waals surface area contributed by atoms with Crippen molar-refractivity contribution in [1.29, 1.82) is 0 Å². The van der Waals surface area contributed by atoms with Gasteiger partial charge in [0.05, 0.1) is 0 Å². The van der Waals surface area contributed by atoms with Gasteiger partial charge in [0.2, 0.25) is 0 Å². The van der Waals surface area contributed by atoms with Crippen LogP contribution in [0.1, 0.15) is 69.8 Å². The van der Waals surface area contributed by atoms with Crippen LogP contribution < -0.4 is 0 Å². The zero-order valence-corrected chi connectivity index (χ0v) is 15.1. The van der Waals surface area contributed by atoms with Gasteiger partial charge < -0.3 is 0 Å². The smallest absolute Gasteiger partial charge is 0.131 e. The lowest BCUT2D eigenvalue weighted by molar-refractivity contribution is 0.114. The highest BCUT2D eigenvalue weighted by molar-refractivity contribution is 5.84. The summed E-state index contributed by atoms with van der Waals surface area (Å²) in [7, 11) is 0. The van der Waals surface area contributed by atoms with E-state index in [1.54, 1.807) is 12.1 Å². The predicted octanol–water partition coefficient (Wildman–Crippen LogP) is 7.22. The van der Waals surface area contributed by atoms with Gasteiger partial charge >= 0.3 is 0 Å². The monoisotopic (exact) mass is 342 g/mol. The largest absolute Gasteiger partial charge is 0.207 e. The van der Waals surface area contributed by atoms with Crippen molar-refractivity contribution in [2.24, 2.45) is 17.8 Å². The normalized spacial score (nSPS) is 29.6. The molecule has 0 amide bonds. The molecule has 0 saturated heterocycles. The minimum Gasteiger partial charge on any atom is -0.207 e. The van der Waals surface area contributed by atoms with E-state index in [0.29, 0.717) is 16.7 Å². The van der Waals surface area contributed by atoms with Crippen LogP contribution in [0.2, 0.25) is 0 Å². The number of hydrogen-bond donors (Lipinski definition) is 0. The molecule has 4 unspecified atom stereocenters. The Balaban J connectivity index is 1.53. The Morgan fingerprint density at radius 1 is 0.920 bits per heavy atom. The van der Waals surface area contributed by atoms with E-state index in [1.807, 2.05) is 6.07 Å². The molecule has 0 radical (unpaired) electrons. The molecule has 134 valence electrons. The second kappa shape index (κ2) is 7.05. The molecule has 2 aromatic rings. The molecule has 0 N–H and O–H groups in total. The van der Waals surface area contributed by atoms with Gasteiger partial charge in [0.1, 0.15) is 11.6 Å². The summed E-state index contributed by atoms with van der Waals surface area (Å²) in [6.07, 6.45) is 10.4. The van der Waals surface area contributed by atoms with Crippen LogP contribution in [-0.4, -0.2) is 0 Å². The Bertz CT molecular complexity index is 751. The third-order valence-corrected chi connectivity index (χ3v) is 6.78. The molecule has 2 aliphatic rings. The maximum atomic E-state index is 14.5. The molecule has 2 heteroatoms. The second-order valence-electron chi connectivity index (χ2n) is 8.37. The van der Waals surface area contributed by atoms with E-state index < -0.39 is 0 Å². The van der Waals surface area contributed by atoms with Gasteiger partial charge in [-0.1, -0.05) is 32.3 Å². The van der Waals surface area contributed by atoms with Crippen molar-refractivity contribution in [1.82, 2.24) is 0 Å². The van der Waals surface area contributed by atoms with Gasteiger partial charge in [0.15, 0.2) is 0 Å². The number of rotatable bonds is 3. The van der Waals surface area contributed by atoms with Crippen molar-refractivity contribution in [3.8, 4) is 0 Å². The SMILES string of the molecule is CCCC1CCC2CC(c3cc(F)c4ccc(F)cc4c3)CCC2C1. The molecule has 2 aliphatic carbocycles. The van der Waals surface area contributed by atoms with Crippen LogP contribution in [-0.2, 0) is 0 Å². The summed E-state index contributed by atoms with van der Waals surface area (Å²) in [4.78, 5) is 0. The molecule has 0 aromatic heterocycles. The fraction of sp³-hybridized carbons (Fsp3) is 0.565. The first-order valence-electron chi connectivity index (χ1n) is 10.0. The molecule has 0 nitrogen and oxygen atoms in total. The molecule has 2 fully saturated rings. The average molecular weight is 342 g/mol. The van der Waals surface area contributed by atoms with Gasteiger partial charge in [-0.3, -0.25) is 0 Å². The van der Waals surface area contributed by atoms with Crippen molar-refractivity contribution < 1.29 is 8.78 Å². The average Bonchev–Trinajstić information content (AvgIpc) is 2.61. The Kier molecular flexibility index (Phi) is 4.80. The van der Waals surface area contributed by atoms with Crippen molar-refractivity contribution >= 4 is 10.8 Å². The fourth-order valence-corrected chi connectivity index (χ4v) is 5.51. The topological polar surface area (TPSA) is 0 Å². The van der Waals surface area contributed by atoms with E-state index in [0.717, 1.165) is 29.7 Å². The summed E-state index contributed by atoms with van der Waals surface area (Å²) in [5.74, 6) is 2.56. The minimum atomic E-state index is -0.290. The highest BCUT2D eigenvalue weighted by Gasteiger charge is 2.35. The molecular weight excluding hydrogens is 314 g/mol. The zero-order chi connectivity index (χ0) is 17.4. The number of fused-ring (bicyclic) bond motifs is 2. The van der Waals surface area contributed by atoms with Gasteiger partial charge in [0, 0.05) is 5.39 Å². The summed E-state index contributed by atoms with van der Waals surface area (Å²) in [5, 5.41) is 1.22. The first-order valence-corrected chi connectivity index (χ1v) is 10.0. The summed E-state index contributed by atoms with van der Waals surface area (Å²) < 4.78 is 28.0. The predicted molar refractivity (Wildman–Crippen MR) is 99.7 cm³/mol. The maximum Gasteiger partial charge on any atom is 0.131 e. The lowest BCUT2D eigenvalue weighted by atomic mass is 9.63. The van der Waals surface area contributed by atoms with Crippen LogP contribution in [0.25, 0.3) is 10.8 Å². The van der Waals surface area contributed by atoms with Crippen LogP contribution in [0.3, 0.4) is 0 Å². The fourth-order valence-electron chi connectivity index (χ4n) is 5.51. The van der Waals surface area contributed by atoms with Gasteiger partial charge in [-0.15, -0.1) is 0 Å². The summed E-state index contributed by atoms with van der Waals surface area (Å²) in [6.45, 7) is 2.29. The lowest BCUT2D eigenvalue weighted by Crippen LogP contribution is -2.30. The van der Waals surface area contributed by atoms with Gasteiger partial charge in [0.25, 0.3) is 0 Å². The minimum absolute atomic E-state index is 0.207. The first kappa shape index (κ1) is 17.0. The van der Waals surface area contributed by atoms with E-state index in [-0.39, 0.29) is 11.6 Å². The number of halogens is 2. The maximum absolute atomic E-state index is 14.5. The van der Waals surface area contributed by atoms with E-state index >= 15 is 0 Å². The molecule has 0 spiro atoms. The highest BCUT2D eigenvalue weighted by atomic mass is 19.1. The zero-order valence-electron chi connectivity index (χ0n) is 15.1. The molecule has 4 atom stereocenters. The third-order valence-electron chi connectivity index (χ3n) is 6.78. The van der Waals surface area contributed by atoms with E-state index in [9.17, 15) is 8.78 Å².